The van der Waals surface area contributed by atoms with Crippen LogP contribution in [0.25, 0.3) is 0 Å². The SMILES string of the molecule is NCCCSC(F)(F)F. The fourth-order valence-corrected chi connectivity index (χ4v) is 0.814. The Labute approximate surface area is 55.8 Å². The van der Waals surface area contributed by atoms with E-state index in [0.29, 0.717) is 13.0 Å². The molecular weight excluding hydrogens is 151 g/mol. The lowest BCUT2D eigenvalue weighted by Crippen LogP contribution is -2.05. The van der Waals surface area contributed by atoms with Crippen LogP contribution in [-0.2, 0) is 0 Å². The Hall–Kier alpha value is 0.100. The maximum absolute atomic E-state index is 11.3. The molecule has 9 heavy (non-hydrogen) atoms. The van der Waals surface area contributed by atoms with Crippen LogP contribution in [0.2, 0.25) is 0 Å². The van der Waals surface area contributed by atoms with Crippen molar-refractivity contribution in [1.82, 2.24) is 0 Å². The lowest BCUT2D eigenvalue weighted by atomic mass is 10.5. The van der Waals surface area contributed by atoms with E-state index in [2.05, 4.69) is 0 Å². The van der Waals surface area contributed by atoms with Gasteiger partial charge in [0.05, 0.1) is 0 Å². The van der Waals surface area contributed by atoms with Crippen molar-refractivity contribution in [3.63, 3.8) is 0 Å². The first-order chi connectivity index (χ1) is 4.06. The van der Waals surface area contributed by atoms with Crippen LogP contribution in [-0.4, -0.2) is 17.8 Å². The maximum atomic E-state index is 11.3. The molecule has 0 fully saturated rings. The van der Waals surface area contributed by atoms with Crippen LogP contribution in [0.3, 0.4) is 0 Å². The second kappa shape index (κ2) is 4.00. The fourth-order valence-electron chi connectivity index (χ4n) is 0.271. The molecule has 0 aliphatic carbocycles. The number of nitrogens with two attached hydrogens (primary N) is 1. The molecule has 0 saturated heterocycles. The van der Waals surface area contributed by atoms with Crippen LogP contribution >= 0.6 is 11.8 Å². The molecule has 0 unspecified atom stereocenters. The highest BCUT2D eigenvalue weighted by Crippen LogP contribution is 2.30. The van der Waals surface area contributed by atoms with Crippen molar-refractivity contribution in [3.05, 3.63) is 0 Å². The molecule has 0 atom stereocenters. The van der Waals surface area contributed by atoms with Gasteiger partial charge in [0.2, 0.25) is 0 Å². The minimum absolute atomic E-state index is 0.0219. The summed E-state index contributed by atoms with van der Waals surface area (Å²) in [5.74, 6) is 0.0694. The smallest absolute Gasteiger partial charge is 0.330 e. The van der Waals surface area contributed by atoms with Crippen molar-refractivity contribution >= 4 is 11.8 Å². The summed E-state index contributed by atoms with van der Waals surface area (Å²) in [7, 11) is 0. The molecule has 0 rings (SSSR count). The summed E-state index contributed by atoms with van der Waals surface area (Å²) in [6.45, 7) is 0.322. The van der Waals surface area contributed by atoms with Gasteiger partial charge < -0.3 is 5.73 Å². The van der Waals surface area contributed by atoms with E-state index in [9.17, 15) is 13.2 Å². The van der Waals surface area contributed by atoms with Gasteiger partial charge in [-0.2, -0.15) is 13.2 Å². The van der Waals surface area contributed by atoms with Crippen LogP contribution in [0.4, 0.5) is 13.2 Å². The minimum atomic E-state index is -4.09. The van der Waals surface area contributed by atoms with E-state index in [1.807, 2.05) is 0 Å². The van der Waals surface area contributed by atoms with Gasteiger partial charge in [0, 0.05) is 5.75 Å². The third kappa shape index (κ3) is 8.10. The zero-order chi connectivity index (χ0) is 7.33. The number of alkyl halides is 3. The van der Waals surface area contributed by atoms with Gasteiger partial charge in [-0.15, -0.1) is 0 Å². The van der Waals surface area contributed by atoms with E-state index in [1.54, 1.807) is 0 Å². The van der Waals surface area contributed by atoms with Gasteiger partial charge in [-0.1, -0.05) is 11.8 Å². The van der Waals surface area contributed by atoms with E-state index in [0.717, 1.165) is 0 Å². The summed E-state index contributed by atoms with van der Waals surface area (Å²) < 4.78 is 33.9. The monoisotopic (exact) mass is 159 g/mol. The number of thioether (sulfide) groups is 1. The molecule has 0 aliphatic rings. The van der Waals surface area contributed by atoms with Crippen LogP contribution in [0.1, 0.15) is 6.42 Å². The van der Waals surface area contributed by atoms with Crippen LogP contribution in [0, 0.1) is 0 Å². The average Bonchev–Trinajstić information content (AvgIpc) is 1.63. The highest BCUT2D eigenvalue weighted by atomic mass is 32.2. The van der Waals surface area contributed by atoms with E-state index in [1.165, 1.54) is 0 Å². The topological polar surface area (TPSA) is 26.0 Å². The maximum Gasteiger partial charge on any atom is 0.441 e. The first-order valence-electron chi connectivity index (χ1n) is 2.47. The molecule has 0 aromatic carbocycles. The predicted molar refractivity (Wildman–Crippen MR) is 32.2 cm³/mol. The lowest BCUT2D eigenvalue weighted by Gasteiger charge is -2.02. The summed E-state index contributed by atoms with van der Waals surface area (Å²) >= 11 is -0.0219. The molecule has 5 heteroatoms. The van der Waals surface area contributed by atoms with Gasteiger partial charge in [-0.25, -0.2) is 0 Å². The first kappa shape index (κ1) is 9.10. The van der Waals surface area contributed by atoms with Gasteiger partial charge in [-0.3, -0.25) is 0 Å². The van der Waals surface area contributed by atoms with Crippen LogP contribution in [0.5, 0.6) is 0 Å². The van der Waals surface area contributed by atoms with E-state index in [-0.39, 0.29) is 17.5 Å². The van der Waals surface area contributed by atoms with Crippen molar-refractivity contribution in [2.24, 2.45) is 5.73 Å². The molecule has 0 aromatic rings. The number of rotatable bonds is 3. The third-order valence-electron chi connectivity index (χ3n) is 0.614. The molecular formula is C4H8F3NS. The van der Waals surface area contributed by atoms with Gasteiger partial charge in [-0.05, 0) is 13.0 Å². The molecule has 1 nitrogen and oxygen atoms in total. The summed E-state index contributed by atoms with van der Waals surface area (Å²) in [5, 5.41) is 0. The van der Waals surface area contributed by atoms with Crippen molar-refractivity contribution < 1.29 is 13.2 Å². The minimum Gasteiger partial charge on any atom is -0.330 e. The molecule has 0 saturated carbocycles. The predicted octanol–water partition coefficient (Wildman–Crippen LogP) is 1.59. The molecule has 2 N–H and O–H groups in total. The van der Waals surface area contributed by atoms with Crippen molar-refractivity contribution in [2.75, 3.05) is 12.3 Å². The summed E-state index contributed by atoms with van der Waals surface area (Å²) in [4.78, 5) is 0. The highest BCUT2D eigenvalue weighted by molar-refractivity contribution is 8.00. The molecule has 0 heterocycles. The Kier molecular flexibility index (Phi) is 4.05. The molecule has 0 amide bonds. The largest absolute Gasteiger partial charge is 0.441 e. The van der Waals surface area contributed by atoms with Gasteiger partial charge in [0.15, 0.2) is 0 Å². The first-order valence-corrected chi connectivity index (χ1v) is 3.45. The summed E-state index contributed by atoms with van der Waals surface area (Å²) in [6, 6.07) is 0. The summed E-state index contributed by atoms with van der Waals surface area (Å²) in [6.07, 6.45) is 0.421. The average molecular weight is 159 g/mol. The van der Waals surface area contributed by atoms with E-state index >= 15 is 0 Å². The van der Waals surface area contributed by atoms with Crippen molar-refractivity contribution in [1.29, 1.82) is 0 Å². The molecule has 56 valence electrons. The van der Waals surface area contributed by atoms with Crippen molar-refractivity contribution in [3.8, 4) is 0 Å². The van der Waals surface area contributed by atoms with Crippen LogP contribution < -0.4 is 5.73 Å². The molecule has 0 aliphatic heterocycles. The Morgan fingerprint density at radius 1 is 1.33 bits per heavy atom. The zero-order valence-electron chi connectivity index (χ0n) is 4.74. The van der Waals surface area contributed by atoms with Crippen molar-refractivity contribution in [2.45, 2.75) is 11.9 Å². The second-order valence-electron chi connectivity index (χ2n) is 1.44. The Bertz CT molecular complexity index is 72.7. The standard InChI is InChI=1S/C4H8F3NS/c5-4(6,7)9-3-1-2-8/h1-3,8H2. The quantitative estimate of drug-likeness (QED) is 0.633. The van der Waals surface area contributed by atoms with Crippen LogP contribution in [0.15, 0.2) is 0 Å². The lowest BCUT2D eigenvalue weighted by molar-refractivity contribution is -0.0327. The second-order valence-corrected chi connectivity index (χ2v) is 2.60. The Morgan fingerprint density at radius 2 is 1.89 bits per heavy atom. The van der Waals surface area contributed by atoms with E-state index < -0.39 is 5.51 Å². The summed E-state index contributed by atoms with van der Waals surface area (Å²) in [5.41, 5.74) is 0.889. The van der Waals surface area contributed by atoms with E-state index in [4.69, 9.17) is 5.73 Å². The third-order valence-corrected chi connectivity index (χ3v) is 1.43. The highest BCUT2D eigenvalue weighted by Gasteiger charge is 2.26. The molecule has 0 bridgehead atoms. The Balaban J connectivity index is 3.07. The molecule has 0 spiro atoms. The number of halogens is 3. The van der Waals surface area contributed by atoms with Gasteiger partial charge in [0.1, 0.15) is 0 Å². The number of hydrogen-bond acceptors (Lipinski definition) is 2. The fraction of sp³-hybridized carbons (Fsp3) is 1.00. The Morgan fingerprint density at radius 3 is 2.22 bits per heavy atom. The zero-order valence-corrected chi connectivity index (χ0v) is 5.56. The van der Waals surface area contributed by atoms with Gasteiger partial charge in [0.25, 0.3) is 0 Å². The molecule has 0 aromatic heterocycles. The normalized spacial score (nSPS) is 12.0. The van der Waals surface area contributed by atoms with Gasteiger partial charge >= 0.3 is 5.51 Å². The number of hydrogen-bond donors (Lipinski definition) is 1. The molecule has 0 radical (unpaired) electrons.